The van der Waals surface area contributed by atoms with E-state index in [0.717, 1.165) is 5.70 Å². The third kappa shape index (κ3) is 4.88. The number of rotatable bonds is 7. The zero-order valence-corrected chi connectivity index (χ0v) is 21.1. The highest BCUT2D eigenvalue weighted by molar-refractivity contribution is 6.12. The lowest BCUT2D eigenvalue weighted by Crippen LogP contribution is -2.43. The molecule has 0 fully saturated rings. The fraction of sp³-hybridized carbons (Fsp3) is 0.519. The van der Waals surface area contributed by atoms with Crippen LogP contribution in [0.25, 0.3) is 0 Å². The van der Waals surface area contributed by atoms with Crippen LogP contribution < -0.4 is 10.1 Å². The Bertz CT molecular complexity index is 1040. The van der Waals surface area contributed by atoms with Crippen molar-refractivity contribution in [3.63, 3.8) is 0 Å². The van der Waals surface area contributed by atoms with Crippen molar-refractivity contribution in [2.45, 2.75) is 72.5 Å². The number of nitrogens with one attached hydrogen (secondary N) is 1. The topological polar surface area (TPSA) is 90.9 Å². The van der Waals surface area contributed by atoms with Crippen LogP contribution in [0.2, 0.25) is 0 Å². The number of ether oxygens (including phenoxy) is 3. The molecule has 7 heteroatoms. The Hall–Kier alpha value is -3.09. The lowest BCUT2D eigenvalue weighted by Gasteiger charge is -2.38. The summed E-state index contributed by atoms with van der Waals surface area (Å²) in [6.45, 7) is 11.3. The number of Topliss-reactive ketones (excluding diaryl/α,β-unsaturated/α-hetero) is 1. The van der Waals surface area contributed by atoms with Crippen LogP contribution in [0.5, 0.6) is 5.75 Å². The molecule has 184 valence electrons. The average Bonchev–Trinajstić information content (AvgIpc) is 2.77. The van der Waals surface area contributed by atoms with Crippen LogP contribution in [0.15, 0.2) is 46.8 Å². The van der Waals surface area contributed by atoms with Gasteiger partial charge in [0.2, 0.25) is 0 Å². The van der Waals surface area contributed by atoms with Gasteiger partial charge in [-0.25, -0.2) is 4.79 Å². The molecule has 0 saturated heterocycles. The molecule has 1 aromatic carbocycles. The number of dihydropyridines is 1. The molecule has 0 saturated carbocycles. The van der Waals surface area contributed by atoms with Crippen molar-refractivity contribution < 1.29 is 28.6 Å². The van der Waals surface area contributed by atoms with Gasteiger partial charge in [0.05, 0.1) is 30.8 Å². The minimum Gasteiger partial charge on any atom is -0.491 e. The third-order valence-electron chi connectivity index (χ3n) is 6.44. The standard InChI is InChI=1S/C27H35NO6/c1-8-16(5)34-27(31)22-17(6)28-19-13-15(4)21(26(30)32-7)25(29)24(19)23(22)18-11-9-10-12-20(18)33-14(2)3/h9-12,14-16,21,23,28H,8,13H2,1-7H3/t15-,16+,21-,23-/m0/s1. The van der Waals surface area contributed by atoms with E-state index in [9.17, 15) is 14.4 Å². The molecule has 0 unspecified atom stereocenters. The molecular formula is C27H35NO6. The molecule has 0 radical (unpaired) electrons. The van der Waals surface area contributed by atoms with E-state index in [1.54, 1.807) is 0 Å². The Kier molecular flexibility index (Phi) is 7.85. The normalized spacial score (nSPS) is 23.3. The van der Waals surface area contributed by atoms with E-state index in [4.69, 9.17) is 14.2 Å². The van der Waals surface area contributed by atoms with Crippen molar-refractivity contribution in [1.29, 1.82) is 0 Å². The second-order valence-electron chi connectivity index (χ2n) is 9.36. The highest BCUT2D eigenvalue weighted by Gasteiger charge is 2.48. The fourth-order valence-corrected chi connectivity index (χ4v) is 4.67. The summed E-state index contributed by atoms with van der Waals surface area (Å²) in [6.07, 6.45) is 0.755. The van der Waals surface area contributed by atoms with Crippen molar-refractivity contribution in [3.8, 4) is 5.75 Å². The van der Waals surface area contributed by atoms with Crippen LogP contribution in [0.4, 0.5) is 0 Å². The number of benzene rings is 1. The second-order valence-corrected chi connectivity index (χ2v) is 9.36. The van der Waals surface area contributed by atoms with Crippen molar-refractivity contribution in [2.75, 3.05) is 7.11 Å². The van der Waals surface area contributed by atoms with Crippen LogP contribution >= 0.6 is 0 Å². The maximum absolute atomic E-state index is 13.8. The van der Waals surface area contributed by atoms with E-state index in [0.29, 0.717) is 41.0 Å². The number of allylic oxidation sites excluding steroid dienone is 3. The van der Waals surface area contributed by atoms with Crippen molar-refractivity contribution >= 4 is 17.7 Å². The summed E-state index contributed by atoms with van der Waals surface area (Å²) >= 11 is 0. The third-order valence-corrected chi connectivity index (χ3v) is 6.44. The number of methoxy groups -OCH3 is 1. The fourth-order valence-electron chi connectivity index (χ4n) is 4.67. The number of ketones is 1. The Balaban J connectivity index is 2.22. The summed E-state index contributed by atoms with van der Waals surface area (Å²) in [4.78, 5) is 39.8. The van der Waals surface area contributed by atoms with Gasteiger partial charge in [-0.3, -0.25) is 9.59 Å². The van der Waals surface area contributed by atoms with Gasteiger partial charge >= 0.3 is 11.9 Å². The molecule has 0 amide bonds. The van der Waals surface area contributed by atoms with Crippen LogP contribution in [0, 0.1) is 11.8 Å². The van der Waals surface area contributed by atoms with Gasteiger partial charge in [0.1, 0.15) is 11.7 Å². The summed E-state index contributed by atoms with van der Waals surface area (Å²) in [6, 6.07) is 7.40. The predicted molar refractivity (Wildman–Crippen MR) is 128 cm³/mol. The van der Waals surface area contributed by atoms with Crippen LogP contribution in [0.1, 0.15) is 65.9 Å². The Morgan fingerprint density at radius 2 is 1.85 bits per heavy atom. The van der Waals surface area contributed by atoms with Crippen molar-refractivity contribution in [3.05, 3.63) is 52.4 Å². The minimum atomic E-state index is -0.934. The molecule has 1 aromatic rings. The molecule has 1 heterocycles. The quantitative estimate of drug-likeness (QED) is 0.467. The number of carbonyl (C=O) groups is 3. The maximum atomic E-state index is 13.8. The van der Waals surface area contributed by atoms with E-state index in [-0.39, 0.29) is 23.9 Å². The van der Waals surface area contributed by atoms with Crippen LogP contribution in [-0.4, -0.2) is 37.0 Å². The maximum Gasteiger partial charge on any atom is 0.337 e. The second kappa shape index (κ2) is 10.5. The van der Waals surface area contributed by atoms with Gasteiger partial charge in [-0.05, 0) is 52.5 Å². The monoisotopic (exact) mass is 469 g/mol. The first-order valence-corrected chi connectivity index (χ1v) is 11.9. The van der Waals surface area contributed by atoms with Gasteiger partial charge in [0.15, 0.2) is 5.78 Å². The molecule has 1 aliphatic heterocycles. The van der Waals surface area contributed by atoms with Crippen molar-refractivity contribution in [2.24, 2.45) is 11.8 Å². The molecule has 1 aliphatic carbocycles. The molecule has 34 heavy (non-hydrogen) atoms. The molecule has 3 rings (SSSR count). The number of hydrogen-bond acceptors (Lipinski definition) is 7. The molecule has 0 bridgehead atoms. The van der Waals surface area contributed by atoms with Crippen LogP contribution in [0.3, 0.4) is 0 Å². The Labute approximate surface area is 201 Å². The van der Waals surface area contributed by atoms with Gasteiger partial charge in [-0.15, -0.1) is 0 Å². The predicted octanol–water partition coefficient (Wildman–Crippen LogP) is 4.43. The molecule has 1 N–H and O–H groups in total. The first-order chi connectivity index (χ1) is 16.1. The van der Waals surface area contributed by atoms with Gasteiger partial charge in [0, 0.05) is 22.5 Å². The SMILES string of the molecule is CC[C@@H](C)OC(=O)C1=C(C)NC2=C(C(=O)[C@@H](C(=O)OC)[C@@H](C)C2)[C@H]1c1ccccc1OC(C)C. The van der Waals surface area contributed by atoms with E-state index in [2.05, 4.69) is 5.32 Å². The smallest absolute Gasteiger partial charge is 0.337 e. The largest absolute Gasteiger partial charge is 0.491 e. The van der Waals surface area contributed by atoms with E-state index >= 15 is 0 Å². The van der Waals surface area contributed by atoms with E-state index in [1.165, 1.54) is 7.11 Å². The number of carbonyl (C=O) groups excluding carboxylic acids is 3. The summed E-state index contributed by atoms with van der Waals surface area (Å²) in [5.74, 6) is -2.71. The van der Waals surface area contributed by atoms with E-state index < -0.39 is 23.8 Å². The highest BCUT2D eigenvalue weighted by Crippen LogP contribution is 2.47. The van der Waals surface area contributed by atoms with Gasteiger partial charge < -0.3 is 19.5 Å². The molecule has 0 spiro atoms. The Morgan fingerprint density at radius 3 is 2.47 bits per heavy atom. The number of para-hydroxylation sites is 1. The minimum absolute atomic E-state index is 0.109. The highest BCUT2D eigenvalue weighted by atomic mass is 16.5. The lowest BCUT2D eigenvalue weighted by atomic mass is 9.69. The van der Waals surface area contributed by atoms with Crippen LogP contribution in [-0.2, 0) is 23.9 Å². The summed E-state index contributed by atoms with van der Waals surface area (Å²) in [7, 11) is 1.29. The van der Waals surface area contributed by atoms with Crippen molar-refractivity contribution in [1.82, 2.24) is 5.32 Å². The molecule has 0 aromatic heterocycles. The summed E-state index contributed by atoms with van der Waals surface area (Å²) in [5.41, 5.74) is 2.79. The Morgan fingerprint density at radius 1 is 1.18 bits per heavy atom. The zero-order valence-electron chi connectivity index (χ0n) is 21.1. The summed E-state index contributed by atoms with van der Waals surface area (Å²) in [5, 5.41) is 3.28. The first kappa shape index (κ1) is 25.5. The first-order valence-electron chi connectivity index (χ1n) is 11.9. The van der Waals surface area contributed by atoms with Gasteiger partial charge in [-0.1, -0.05) is 32.0 Å². The lowest BCUT2D eigenvalue weighted by molar-refractivity contribution is -0.151. The molecule has 4 atom stereocenters. The zero-order chi connectivity index (χ0) is 25.2. The van der Waals surface area contributed by atoms with Gasteiger partial charge in [0.25, 0.3) is 0 Å². The van der Waals surface area contributed by atoms with E-state index in [1.807, 2.05) is 65.8 Å². The average molecular weight is 470 g/mol. The van der Waals surface area contributed by atoms with Gasteiger partial charge in [-0.2, -0.15) is 0 Å². The molecule has 7 nitrogen and oxygen atoms in total. The molecular weight excluding hydrogens is 434 g/mol. The number of esters is 2. The molecule has 2 aliphatic rings. The summed E-state index contributed by atoms with van der Waals surface area (Å²) < 4.78 is 16.7. The number of hydrogen-bond donors (Lipinski definition) is 1.